The van der Waals surface area contributed by atoms with Crippen LogP contribution in [0.1, 0.15) is 24.2 Å². The number of esters is 1. The fourth-order valence-electron chi connectivity index (χ4n) is 1.30. The van der Waals surface area contributed by atoms with Gasteiger partial charge in [0.15, 0.2) is 6.61 Å². The van der Waals surface area contributed by atoms with E-state index in [-0.39, 0.29) is 6.04 Å². The van der Waals surface area contributed by atoms with E-state index in [1.54, 1.807) is 38.1 Å². The first-order chi connectivity index (χ1) is 9.40. The Kier molecular flexibility index (Phi) is 6.17. The lowest BCUT2D eigenvalue weighted by molar-refractivity contribution is -0.123. The lowest BCUT2D eigenvalue weighted by Crippen LogP contribution is -2.44. The van der Waals surface area contributed by atoms with E-state index in [0.717, 1.165) is 0 Å². The average Bonchev–Trinajstić information content (AvgIpc) is 2.35. The van der Waals surface area contributed by atoms with Crippen LogP contribution in [-0.4, -0.2) is 30.6 Å². The van der Waals surface area contributed by atoms with E-state index in [1.807, 2.05) is 0 Å². The van der Waals surface area contributed by atoms with Crippen molar-refractivity contribution in [1.29, 1.82) is 0 Å². The number of carbonyl (C=O) groups is 3. The molecule has 0 bridgehead atoms. The van der Waals surface area contributed by atoms with Crippen molar-refractivity contribution in [3.8, 4) is 0 Å². The Morgan fingerprint density at radius 2 is 1.90 bits per heavy atom. The summed E-state index contributed by atoms with van der Waals surface area (Å²) < 4.78 is 5.39. The Labute approximate surface area is 125 Å². The molecule has 0 aromatic heterocycles. The van der Waals surface area contributed by atoms with Gasteiger partial charge in [-0.3, -0.25) is 10.1 Å². The van der Waals surface area contributed by atoms with Crippen molar-refractivity contribution in [2.24, 2.45) is 0 Å². The molecule has 0 unspecified atom stereocenters. The van der Waals surface area contributed by atoms with Crippen molar-refractivity contribution in [2.45, 2.75) is 19.9 Å². The molecule has 1 aromatic carbocycles. The fourth-order valence-corrected chi connectivity index (χ4v) is 1.74. The van der Waals surface area contributed by atoms with Crippen LogP contribution in [-0.2, 0) is 9.53 Å². The zero-order chi connectivity index (χ0) is 15.1. The lowest BCUT2D eigenvalue weighted by Gasteiger charge is -2.09. The summed E-state index contributed by atoms with van der Waals surface area (Å²) in [5, 5.41) is 4.54. The molecule has 0 aliphatic rings. The molecule has 0 spiro atoms. The van der Waals surface area contributed by atoms with Gasteiger partial charge in [-0.2, -0.15) is 0 Å². The first-order valence-electron chi connectivity index (χ1n) is 5.92. The maximum absolute atomic E-state index is 11.7. The average molecular weight is 343 g/mol. The summed E-state index contributed by atoms with van der Waals surface area (Å²) in [6, 6.07) is 5.97. The monoisotopic (exact) mass is 342 g/mol. The molecule has 0 atom stereocenters. The van der Waals surface area contributed by atoms with E-state index < -0.39 is 24.5 Å². The Morgan fingerprint density at radius 1 is 1.25 bits per heavy atom. The van der Waals surface area contributed by atoms with Crippen LogP contribution < -0.4 is 10.6 Å². The van der Waals surface area contributed by atoms with Gasteiger partial charge in [0.05, 0.1) is 5.56 Å². The molecule has 0 aliphatic heterocycles. The van der Waals surface area contributed by atoms with Crippen LogP contribution in [0.5, 0.6) is 0 Å². The molecule has 0 radical (unpaired) electrons. The minimum Gasteiger partial charge on any atom is -0.452 e. The molecule has 1 aromatic rings. The third kappa shape index (κ3) is 5.40. The minimum atomic E-state index is -0.691. The van der Waals surface area contributed by atoms with E-state index >= 15 is 0 Å². The summed E-state index contributed by atoms with van der Waals surface area (Å²) in [6.07, 6.45) is 0. The molecular weight excluding hydrogens is 328 g/mol. The highest BCUT2D eigenvalue weighted by molar-refractivity contribution is 9.10. The molecule has 7 heteroatoms. The van der Waals surface area contributed by atoms with Gasteiger partial charge in [0.25, 0.3) is 5.91 Å². The molecule has 108 valence electrons. The second-order valence-electron chi connectivity index (χ2n) is 4.23. The largest absolute Gasteiger partial charge is 0.452 e. The normalized spacial score (nSPS) is 10.0. The first kappa shape index (κ1) is 16.2. The summed E-state index contributed by atoms with van der Waals surface area (Å²) in [6.45, 7) is 3.00. The molecule has 0 saturated heterocycles. The fraction of sp³-hybridized carbons (Fsp3) is 0.308. The van der Waals surface area contributed by atoms with Crippen molar-refractivity contribution >= 4 is 33.8 Å². The minimum absolute atomic E-state index is 0.0920. The number of amides is 3. The predicted octanol–water partition coefficient (Wildman–Crippen LogP) is 1.84. The smallest absolute Gasteiger partial charge is 0.339 e. The standard InChI is InChI=1S/C13H15BrN2O4/c1-8(2)15-13(19)16-11(17)7-20-12(18)9-5-3-4-6-10(9)14/h3-6,8H,7H2,1-2H3,(H2,15,16,17,19). The van der Waals surface area contributed by atoms with Gasteiger partial charge in [0.2, 0.25) is 0 Å². The van der Waals surface area contributed by atoms with Crippen molar-refractivity contribution < 1.29 is 19.1 Å². The maximum atomic E-state index is 11.7. The van der Waals surface area contributed by atoms with Gasteiger partial charge in [-0.1, -0.05) is 12.1 Å². The van der Waals surface area contributed by atoms with Gasteiger partial charge in [0, 0.05) is 10.5 Å². The second kappa shape index (κ2) is 7.64. The number of imide groups is 1. The highest BCUT2D eigenvalue weighted by Crippen LogP contribution is 2.16. The van der Waals surface area contributed by atoms with Gasteiger partial charge >= 0.3 is 12.0 Å². The quantitative estimate of drug-likeness (QED) is 0.817. The zero-order valence-electron chi connectivity index (χ0n) is 11.1. The molecule has 0 saturated carbocycles. The van der Waals surface area contributed by atoms with Crippen molar-refractivity contribution in [3.63, 3.8) is 0 Å². The van der Waals surface area contributed by atoms with E-state index in [2.05, 4.69) is 26.6 Å². The van der Waals surface area contributed by atoms with Crippen molar-refractivity contribution in [2.75, 3.05) is 6.61 Å². The molecule has 20 heavy (non-hydrogen) atoms. The molecule has 3 amide bonds. The van der Waals surface area contributed by atoms with E-state index in [1.165, 1.54) is 0 Å². The number of hydrogen-bond acceptors (Lipinski definition) is 4. The van der Waals surface area contributed by atoms with Gasteiger partial charge in [-0.25, -0.2) is 9.59 Å². The predicted molar refractivity (Wildman–Crippen MR) is 76.2 cm³/mol. The first-order valence-corrected chi connectivity index (χ1v) is 6.71. The number of ether oxygens (including phenoxy) is 1. The Balaban J connectivity index is 2.44. The molecule has 2 N–H and O–H groups in total. The van der Waals surface area contributed by atoms with Crippen LogP contribution in [0, 0.1) is 0 Å². The van der Waals surface area contributed by atoms with Crippen LogP contribution in [0.2, 0.25) is 0 Å². The number of rotatable bonds is 4. The molecule has 0 fully saturated rings. The number of carbonyl (C=O) groups excluding carboxylic acids is 3. The maximum Gasteiger partial charge on any atom is 0.339 e. The third-order valence-electron chi connectivity index (χ3n) is 2.10. The molecule has 6 nitrogen and oxygen atoms in total. The SMILES string of the molecule is CC(C)NC(=O)NC(=O)COC(=O)c1ccccc1Br. The van der Waals surface area contributed by atoms with Crippen LogP contribution in [0.3, 0.4) is 0 Å². The van der Waals surface area contributed by atoms with Crippen molar-refractivity contribution in [3.05, 3.63) is 34.3 Å². The summed E-state index contributed by atoms with van der Waals surface area (Å²) >= 11 is 3.21. The van der Waals surface area contributed by atoms with E-state index in [4.69, 9.17) is 4.74 Å². The Morgan fingerprint density at radius 3 is 2.50 bits per heavy atom. The summed E-state index contributed by atoms with van der Waals surface area (Å²) in [4.78, 5) is 34.3. The van der Waals surface area contributed by atoms with Crippen LogP contribution >= 0.6 is 15.9 Å². The molecule has 0 aliphatic carbocycles. The summed E-state index contributed by atoms with van der Waals surface area (Å²) in [5.74, 6) is -1.33. The van der Waals surface area contributed by atoms with Gasteiger partial charge in [-0.05, 0) is 41.9 Å². The number of hydrogen-bond donors (Lipinski definition) is 2. The highest BCUT2D eigenvalue weighted by Gasteiger charge is 2.14. The van der Waals surface area contributed by atoms with Gasteiger partial charge in [0.1, 0.15) is 0 Å². The number of nitrogens with one attached hydrogen (secondary N) is 2. The highest BCUT2D eigenvalue weighted by atomic mass is 79.9. The third-order valence-corrected chi connectivity index (χ3v) is 2.79. The lowest BCUT2D eigenvalue weighted by atomic mass is 10.2. The van der Waals surface area contributed by atoms with Crippen molar-refractivity contribution in [1.82, 2.24) is 10.6 Å². The van der Waals surface area contributed by atoms with Crippen LogP contribution in [0.25, 0.3) is 0 Å². The van der Waals surface area contributed by atoms with E-state index in [0.29, 0.717) is 10.0 Å². The second-order valence-corrected chi connectivity index (χ2v) is 5.09. The molecule has 0 heterocycles. The van der Waals surface area contributed by atoms with Gasteiger partial charge < -0.3 is 10.1 Å². The zero-order valence-corrected chi connectivity index (χ0v) is 12.7. The Hall–Kier alpha value is -1.89. The number of halogens is 1. The van der Waals surface area contributed by atoms with Crippen LogP contribution in [0.4, 0.5) is 4.79 Å². The Bertz CT molecular complexity index is 517. The number of benzene rings is 1. The topological polar surface area (TPSA) is 84.5 Å². The molecule has 1 rings (SSSR count). The summed E-state index contributed by atoms with van der Waals surface area (Å²) in [5.41, 5.74) is 0.312. The summed E-state index contributed by atoms with van der Waals surface area (Å²) in [7, 11) is 0. The molecular formula is C13H15BrN2O4. The van der Waals surface area contributed by atoms with Crippen LogP contribution in [0.15, 0.2) is 28.7 Å². The van der Waals surface area contributed by atoms with Gasteiger partial charge in [-0.15, -0.1) is 0 Å². The van der Waals surface area contributed by atoms with E-state index in [9.17, 15) is 14.4 Å². The number of urea groups is 1.